The zero-order valence-corrected chi connectivity index (χ0v) is 11.6. The molecule has 0 radical (unpaired) electrons. The molecule has 3 heteroatoms. The van der Waals surface area contributed by atoms with E-state index in [1.807, 2.05) is 0 Å². The summed E-state index contributed by atoms with van der Waals surface area (Å²) < 4.78 is 5.75. The average molecular weight is 252 g/mol. The van der Waals surface area contributed by atoms with Crippen LogP contribution in [0.2, 0.25) is 0 Å². The highest BCUT2D eigenvalue weighted by molar-refractivity contribution is 4.87. The van der Waals surface area contributed by atoms with Crippen molar-refractivity contribution in [3.05, 3.63) is 0 Å². The van der Waals surface area contributed by atoms with Crippen LogP contribution in [-0.2, 0) is 4.74 Å². The molecule has 1 saturated carbocycles. The Morgan fingerprint density at radius 3 is 2.72 bits per heavy atom. The Labute approximate surface area is 111 Å². The summed E-state index contributed by atoms with van der Waals surface area (Å²) in [6.07, 6.45) is 10.1. The largest absolute Gasteiger partial charge is 0.378 e. The second kappa shape index (κ2) is 6.36. The van der Waals surface area contributed by atoms with Gasteiger partial charge >= 0.3 is 0 Å². The Morgan fingerprint density at radius 2 is 2.06 bits per heavy atom. The van der Waals surface area contributed by atoms with Crippen LogP contribution in [0.5, 0.6) is 0 Å². The molecule has 1 aliphatic carbocycles. The number of hydrogen-bond donors (Lipinski definition) is 1. The second-order valence-corrected chi connectivity index (χ2v) is 6.36. The number of ether oxygens (including phenoxy) is 1. The summed E-state index contributed by atoms with van der Waals surface area (Å²) in [4.78, 5) is 2.76. The third kappa shape index (κ3) is 3.69. The zero-order chi connectivity index (χ0) is 12.2. The van der Waals surface area contributed by atoms with Gasteiger partial charge in [-0.1, -0.05) is 0 Å². The SMILES string of the molecule is C1CNCC(CN(CCC2CCCO2)C2CC2)C1. The van der Waals surface area contributed by atoms with Gasteiger partial charge in [0.1, 0.15) is 0 Å². The van der Waals surface area contributed by atoms with Gasteiger partial charge < -0.3 is 10.1 Å². The standard InChI is InChI=1S/C15H28N2O/c1-3-13(11-16-8-1)12-17(14-5-6-14)9-7-15-4-2-10-18-15/h13-16H,1-12H2. The van der Waals surface area contributed by atoms with Crippen molar-refractivity contribution < 1.29 is 4.74 Å². The lowest BCUT2D eigenvalue weighted by atomic mass is 9.99. The molecule has 0 aromatic carbocycles. The van der Waals surface area contributed by atoms with Crippen molar-refractivity contribution >= 4 is 0 Å². The van der Waals surface area contributed by atoms with E-state index in [2.05, 4.69) is 10.2 Å². The first-order valence-corrected chi connectivity index (χ1v) is 7.98. The van der Waals surface area contributed by atoms with E-state index in [0.717, 1.165) is 18.6 Å². The van der Waals surface area contributed by atoms with Gasteiger partial charge in [-0.3, -0.25) is 4.90 Å². The lowest BCUT2D eigenvalue weighted by Crippen LogP contribution is -2.40. The van der Waals surface area contributed by atoms with Gasteiger partial charge in [0.2, 0.25) is 0 Å². The molecule has 18 heavy (non-hydrogen) atoms. The van der Waals surface area contributed by atoms with E-state index in [4.69, 9.17) is 4.74 Å². The molecule has 104 valence electrons. The first-order valence-electron chi connectivity index (χ1n) is 7.98. The van der Waals surface area contributed by atoms with Crippen molar-refractivity contribution in [3.8, 4) is 0 Å². The highest BCUT2D eigenvalue weighted by Crippen LogP contribution is 2.29. The maximum Gasteiger partial charge on any atom is 0.0588 e. The van der Waals surface area contributed by atoms with Crippen LogP contribution in [0.25, 0.3) is 0 Å². The van der Waals surface area contributed by atoms with Crippen LogP contribution in [0.15, 0.2) is 0 Å². The van der Waals surface area contributed by atoms with Gasteiger partial charge in [-0.15, -0.1) is 0 Å². The molecule has 0 bridgehead atoms. The Bertz CT molecular complexity index is 243. The molecule has 3 rings (SSSR count). The Balaban J connectivity index is 1.42. The topological polar surface area (TPSA) is 24.5 Å². The summed E-state index contributed by atoms with van der Waals surface area (Å²) >= 11 is 0. The highest BCUT2D eigenvalue weighted by Gasteiger charge is 2.31. The van der Waals surface area contributed by atoms with Crippen molar-refractivity contribution in [1.29, 1.82) is 0 Å². The first kappa shape index (κ1) is 12.9. The van der Waals surface area contributed by atoms with Crippen LogP contribution in [-0.4, -0.2) is 49.8 Å². The monoisotopic (exact) mass is 252 g/mol. The van der Waals surface area contributed by atoms with E-state index in [1.54, 1.807) is 0 Å². The van der Waals surface area contributed by atoms with Crippen molar-refractivity contribution in [3.63, 3.8) is 0 Å². The minimum atomic E-state index is 0.565. The van der Waals surface area contributed by atoms with Gasteiger partial charge in [0, 0.05) is 25.7 Å². The molecule has 3 nitrogen and oxygen atoms in total. The normalized spacial score (nSPS) is 33.2. The number of hydrogen-bond acceptors (Lipinski definition) is 3. The Hall–Kier alpha value is -0.120. The second-order valence-electron chi connectivity index (χ2n) is 6.36. The van der Waals surface area contributed by atoms with Crippen LogP contribution in [0.1, 0.15) is 44.9 Å². The quantitative estimate of drug-likeness (QED) is 0.783. The fourth-order valence-electron chi connectivity index (χ4n) is 3.46. The van der Waals surface area contributed by atoms with Crippen LogP contribution in [0.3, 0.4) is 0 Å². The van der Waals surface area contributed by atoms with E-state index >= 15 is 0 Å². The van der Waals surface area contributed by atoms with Gasteiger partial charge in [0.15, 0.2) is 0 Å². The van der Waals surface area contributed by atoms with Crippen LogP contribution in [0.4, 0.5) is 0 Å². The number of piperidine rings is 1. The Morgan fingerprint density at radius 1 is 1.11 bits per heavy atom. The maximum absolute atomic E-state index is 5.75. The van der Waals surface area contributed by atoms with Crippen molar-refractivity contribution in [2.45, 2.75) is 57.1 Å². The Kier molecular flexibility index (Phi) is 4.55. The molecule has 0 spiro atoms. The molecule has 0 amide bonds. The molecule has 1 N–H and O–H groups in total. The maximum atomic E-state index is 5.75. The van der Waals surface area contributed by atoms with Crippen LogP contribution < -0.4 is 5.32 Å². The van der Waals surface area contributed by atoms with E-state index in [0.29, 0.717) is 6.10 Å². The summed E-state index contributed by atoms with van der Waals surface area (Å²) in [5, 5.41) is 3.55. The van der Waals surface area contributed by atoms with Crippen molar-refractivity contribution in [2.24, 2.45) is 5.92 Å². The minimum absolute atomic E-state index is 0.565. The van der Waals surface area contributed by atoms with Crippen LogP contribution in [0, 0.1) is 5.92 Å². The van der Waals surface area contributed by atoms with E-state index < -0.39 is 0 Å². The van der Waals surface area contributed by atoms with E-state index in [1.165, 1.54) is 71.1 Å². The molecule has 2 aliphatic heterocycles. The lowest BCUT2D eigenvalue weighted by molar-refractivity contribution is 0.0867. The third-order valence-corrected chi connectivity index (χ3v) is 4.72. The molecule has 2 heterocycles. The predicted molar refractivity (Wildman–Crippen MR) is 73.8 cm³/mol. The van der Waals surface area contributed by atoms with Crippen LogP contribution >= 0.6 is 0 Å². The van der Waals surface area contributed by atoms with Crippen molar-refractivity contribution in [2.75, 3.05) is 32.8 Å². The summed E-state index contributed by atoms with van der Waals surface area (Å²) in [5.41, 5.74) is 0. The average Bonchev–Trinajstić information content (AvgIpc) is 3.12. The summed E-state index contributed by atoms with van der Waals surface area (Å²) in [6.45, 7) is 6.07. The molecule has 2 saturated heterocycles. The lowest BCUT2D eigenvalue weighted by Gasteiger charge is -2.30. The minimum Gasteiger partial charge on any atom is -0.378 e. The zero-order valence-electron chi connectivity index (χ0n) is 11.6. The van der Waals surface area contributed by atoms with Gasteiger partial charge in [0.25, 0.3) is 0 Å². The molecule has 3 fully saturated rings. The molecule has 2 unspecified atom stereocenters. The molecule has 0 aromatic rings. The fraction of sp³-hybridized carbons (Fsp3) is 1.00. The summed E-state index contributed by atoms with van der Waals surface area (Å²) in [6, 6.07) is 0.910. The number of nitrogens with zero attached hydrogens (tertiary/aromatic N) is 1. The molecular weight excluding hydrogens is 224 g/mol. The number of nitrogens with one attached hydrogen (secondary N) is 1. The highest BCUT2D eigenvalue weighted by atomic mass is 16.5. The number of rotatable bonds is 6. The first-order chi connectivity index (χ1) is 8.92. The van der Waals surface area contributed by atoms with Gasteiger partial charge in [-0.25, -0.2) is 0 Å². The summed E-state index contributed by atoms with van der Waals surface area (Å²) in [7, 11) is 0. The van der Waals surface area contributed by atoms with E-state index in [-0.39, 0.29) is 0 Å². The third-order valence-electron chi connectivity index (χ3n) is 4.72. The van der Waals surface area contributed by atoms with Crippen molar-refractivity contribution in [1.82, 2.24) is 10.2 Å². The molecule has 3 aliphatic rings. The van der Waals surface area contributed by atoms with Gasteiger partial charge in [-0.05, 0) is 64.0 Å². The molecule has 0 aromatic heterocycles. The predicted octanol–water partition coefficient (Wildman–Crippen LogP) is 2.02. The smallest absolute Gasteiger partial charge is 0.0588 e. The molecule has 2 atom stereocenters. The summed E-state index contributed by atoms with van der Waals surface area (Å²) in [5.74, 6) is 0.892. The fourth-order valence-corrected chi connectivity index (χ4v) is 3.46. The van der Waals surface area contributed by atoms with E-state index in [9.17, 15) is 0 Å². The van der Waals surface area contributed by atoms with Gasteiger partial charge in [-0.2, -0.15) is 0 Å². The van der Waals surface area contributed by atoms with Gasteiger partial charge in [0.05, 0.1) is 6.10 Å². The molecular formula is C15H28N2O.